The van der Waals surface area contributed by atoms with Crippen molar-refractivity contribution in [1.29, 1.82) is 0 Å². The van der Waals surface area contributed by atoms with E-state index in [-0.39, 0.29) is 46.8 Å². The van der Waals surface area contributed by atoms with Gasteiger partial charge in [0.05, 0.1) is 23.2 Å². The van der Waals surface area contributed by atoms with Gasteiger partial charge in [0, 0.05) is 22.2 Å². The molecule has 0 aliphatic heterocycles. The van der Waals surface area contributed by atoms with Crippen molar-refractivity contribution in [3.05, 3.63) is 106 Å². The first-order valence-corrected chi connectivity index (χ1v) is 15.8. The Hall–Kier alpha value is -2.98. The van der Waals surface area contributed by atoms with Crippen LogP contribution in [0, 0.1) is 11.6 Å². The number of ether oxygens (including phenoxy) is 1. The number of aromatic nitrogens is 1. The number of halogens is 4. The molecule has 0 spiro atoms. The maximum absolute atomic E-state index is 15.4. The highest BCUT2D eigenvalue weighted by Crippen LogP contribution is 2.46. The summed E-state index contributed by atoms with van der Waals surface area (Å²) in [6, 6.07) is 16.1. The highest BCUT2D eigenvalue weighted by molar-refractivity contribution is 7.88. The molecule has 1 fully saturated rings. The molecular formula is C30H28Cl2F2N2O4S. The van der Waals surface area contributed by atoms with E-state index in [4.69, 9.17) is 32.4 Å². The minimum absolute atomic E-state index is 0.0732. The summed E-state index contributed by atoms with van der Waals surface area (Å²) in [5.74, 6) is -0.769. The maximum atomic E-state index is 15.4. The van der Waals surface area contributed by atoms with Crippen LogP contribution in [-0.4, -0.2) is 25.7 Å². The summed E-state index contributed by atoms with van der Waals surface area (Å²) in [5, 5.41) is 0.178. The van der Waals surface area contributed by atoms with Crippen LogP contribution < -0.4 is 9.46 Å². The number of rotatable bonds is 10. The van der Waals surface area contributed by atoms with Crippen molar-refractivity contribution < 1.29 is 26.4 Å². The Morgan fingerprint density at radius 3 is 2.59 bits per heavy atom. The predicted molar refractivity (Wildman–Crippen MR) is 155 cm³/mol. The second kappa shape index (κ2) is 12.1. The first-order valence-electron chi connectivity index (χ1n) is 13.0. The van der Waals surface area contributed by atoms with Crippen LogP contribution in [0.15, 0.2) is 71.3 Å². The first-order chi connectivity index (χ1) is 19.6. The molecule has 216 valence electrons. The number of hydrogen-bond acceptors (Lipinski definition) is 5. The van der Waals surface area contributed by atoms with Gasteiger partial charge in [-0.15, -0.1) is 11.6 Å². The first kappa shape index (κ1) is 29.5. The van der Waals surface area contributed by atoms with E-state index in [0.717, 1.165) is 11.8 Å². The molecule has 41 heavy (non-hydrogen) atoms. The van der Waals surface area contributed by atoms with Crippen LogP contribution in [0.25, 0.3) is 11.1 Å². The van der Waals surface area contributed by atoms with Crippen LogP contribution in [0.5, 0.6) is 5.75 Å². The van der Waals surface area contributed by atoms with Gasteiger partial charge in [-0.2, -0.15) is 0 Å². The number of oxazole rings is 1. The molecule has 11 heteroatoms. The van der Waals surface area contributed by atoms with Crippen LogP contribution in [0.1, 0.15) is 42.0 Å². The molecule has 1 N–H and O–H groups in total. The molecule has 5 rings (SSSR count). The van der Waals surface area contributed by atoms with Gasteiger partial charge >= 0.3 is 0 Å². The summed E-state index contributed by atoms with van der Waals surface area (Å²) < 4.78 is 68.7. The number of sulfonamides is 1. The molecule has 1 saturated carbocycles. The number of nitrogens with one attached hydrogen (secondary N) is 1. The van der Waals surface area contributed by atoms with Crippen LogP contribution in [0.2, 0.25) is 5.02 Å². The molecule has 0 amide bonds. The highest BCUT2D eigenvalue weighted by atomic mass is 35.5. The molecule has 2 atom stereocenters. The number of alkyl halides is 1. The molecule has 6 nitrogen and oxygen atoms in total. The predicted octanol–water partition coefficient (Wildman–Crippen LogP) is 7.17. The van der Waals surface area contributed by atoms with Crippen molar-refractivity contribution in [2.24, 2.45) is 0 Å². The lowest BCUT2D eigenvalue weighted by Crippen LogP contribution is -2.35. The van der Waals surface area contributed by atoms with Gasteiger partial charge in [0.2, 0.25) is 15.9 Å². The van der Waals surface area contributed by atoms with E-state index in [1.54, 1.807) is 12.1 Å². The molecule has 0 bridgehead atoms. The Balaban J connectivity index is 1.52. The smallest absolute Gasteiger partial charge is 0.208 e. The van der Waals surface area contributed by atoms with E-state index >= 15 is 8.78 Å². The summed E-state index contributed by atoms with van der Waals surface area (Å²) >= 11 is 12.5. The Morgan fingerprint density at radius 1 is 1.10 bits per heavy atom. The van der Waals surface area contributed by atoms with Crippen LogP contribution in [-0.2, 0) is 34.3 Å². The number of para-hydroxylation sites is 1. The van der Waals surface area contributed by atoms with Crippen molar-refractivity contribution in [1.82, 2.24) is 9.71 Å². The van der Waals surface area contributed by atoms with E-state index in [9.17, 15) is 8.42 Å². The largest absolute Gasteiger partial charge is 0.485 e. The van der Waals surface area contributed by atoms with Crippen LogP contribution in [0.3, 0.4) is 0 Å². The molecule has 1 heterocycles. The quantitative estimate of drug-likeness (QED) is 0.190. The second-order valence-corrected chi connectivity index (χ2v) is 12.8. The van der Waals surface area contributed by atoms with E-state index in [1.165, 1.54) is 24.5 Å². The Labute approximate surface area is 247 Å². The lowest BCUT2D eigenvalue weighted by Gasteiger charge is -2.27. The minimum Gasteiger partial charge on any atom is -0.485 e. The van der Waals surface area contributed by atoms with Gasteiger partial charge in [0.25, 0.3) is 0 Å². The Bertz CT molecular complexity index is 1650. The summed E-state index contributed by atoms with van der Waals surface area (Å²) in [7, 11) is -3.45. The summed E-state index contributed by atoms with van der Waals surface area (Å²) in [5.41, 5.74) is 1.59. The van der Waals surface area contributed by atoms with Crippen molar-refractivity contribution in [2.45, 2.75) is 49.6 Å². The zero-order valence-electron chi connectivity index (χ0n) is 22.2. The number of nitrogens with zero attached hydrogens (tertiary/aromatic N) is 1. The van der Waals surface area contributed by atoms with Gasteiger partial charge in [0.15, 0.2) is 11.6 Å². The standard InChI is InChI=1S/C30H28Cl2F2N2O4S/c1-41(37,38)36-21-10-11-30(15-21,29-35-22(16-31)18-40-29)14-20-12-24(27(34)13-25(20)32)23-8-5-9-26(33)28(23)39-17-19-6-3-2-4-7-19/h2-9,12-13,18,21,36H,10-11,14-17H2,1H3/t21-,30+/m0/s1. The molecule has 0 saturated heterocycles. The normalized spacial score (nSPS) is 19.0. The van der Waals surface area contributed by atoms with Gasteiger partial charge in [-0.1, -0.05) is 54.1 Å². The molecule has 1 aromatic heterocycles. The Kier molecular flexibility index (Phi) is 8.70. The topological polar surface area (TPSA) is 81.4 Å². The van der Waals surface area contributed by atoms with Crippen molar-refractivity contribution in [3.63, 3.8) is 0 Å². The molecule has 3 aromatic carbocycles. The monoisotopic (exact) mass is 620 g/mol. The number of hydrogen-bond donors (Lipinski definition) is 1. The number of benzene rings is 3. The molecule has 4 aromatic rings. The van der Waals surface area contributed by atoms with Crippen molar-refractivity contribution >= 4 is 33.2 Å². The molecule has 0 radical (unpaired) electrons. The molecule has 0 unspecified atom stereocenters. The highest BCUT2D eigenvalue weighted by Gasteiger charge is 2.45. The minimum atomic E-state index is -3.45. The van der Waals surface area contributed by atoms with Gasteiger partial charge in [-0.25, -0.2) is 26.9 Å². The van der Waals surface area contributed by atoms with Gasteiger partial charge in [-0.3, -0.25) is 0 Å². The lowest BCUT2D eigenvalue weighted by molar-refractivity contribution is 0.291. The van der Waals surface area contributed by atoms with Crippen LogP contribution in [0.4, 0.5) is 8.78 Å². The summed E-state index contributed by atoms with van der Waals surface area (Å²) in [6.07, 6.45) is 4.33. The SMILES string of the molecule is CS(=O)(=O)N[C@H]1CC[C@](Cc2cc(-c3cccc(F)c3OCc3ccccc3)c(F)cc2Cl)(c2nc(CCl)co2)C1. The summed E-state index contributed by atoms with van der Waals surface area (Å²) in [4.78, 5) is 4.55. The zero-order valence-corrected chi connectivity index (χ0v) is 24.5. The third kappa shape index (κ3) is 6.75. The third-order valence-electron chi connectivity index (χ3n) is 7.28. The fourth-order valence-electron chi connectivity index (χ4n) is 5.47. The maximum Gasteiger partial charge on any atom is 0.208 e. The van der Waals surface area contributed by atoms with Crippen LogP contribution >= 0.6 is 23.2 Å². The summed E-state index contributed by atoms with van der Waals surface area (Å²) in [6.45, 7) is 0.0990. The zero-order chi connectivity index (χ0) is 29.2. The van der Waals surface area contributed by atoms with E-state index < -0.39 is 27.1 Å². The third-order valence-corrected chi connectivity index (χ3v) is 8.67. The molecule has 1 aliphatic rings. The van der Waals surface area contributed by atoms with Gasteiger partial charge < -0.3 is 9.15 Å². The van der Waals surface area contributed by atoms with Gasteiger partial charge in [-0.05, 0) is 55.0 Å². The fraction of sp³-hybridized carbons (Fsp3) is 0.300. The van der Waals surface area contributed by atoms with Crippen molar-refractivity contribution in [2.75, 3.05) is 6.26 Å². The van der Waals surface area contributed by atoms with Crippen molar-refractivity contribution in [3.8, 4) is 16.9 Å². The fourth-order valence-corrected chi connectivity index (χ4v) is 6.62. The second-order valence-electron chi connectivity index (χ2n) is 10.4. The lowest BCUT2D eigenvalue weighted by atomic mass is 9.79. The van der Waals surface area contributed by atoms with E-state index in [0.29, 0.717) is 36.4 Å². The van der Waals surface area contributed by atoms with E-state index in [1.807, 2.05) is 30.3 Å². The molecule has 1 aliphatic carbocycles. The average Bonchev–Trinajstić information content (AvgIpc) is 3.57. The van der Waals surface area contributed by atoms with E-state index in [2.05, 4.69) is 9.71 Å². The van der Waals surface area contributed by atoms with Gasteiger partial charge in [0.1, 0.15) is 18.7 Å². The molecular weight excluding hydrogens is 593 g/mol. The Morgan fingerprint density at radius 2 is 1.88 bits per heavy atom. The average molecular weight is 622 g/mol.